The van der Waals surface area contributed by atoms with Crippen LogP contribution in [0.5, 0.6) is 0 Å². The van der Waals surface area contributed by atoms with Gasteiger partial charge >= 0.3 is 0 Å². The maximum absolute atomic E-state index is 13.0. The Kier molecular flexibility index (Phi) is 5.39. The lowest BCUT2D eigenvalue weighted by Crippen LogP contribution is -2.47. The lowest BCUT2D eigenvalue weighted by molar-refractivity contribution is 0.000883. The Morgan fingerprint density at radius 2 is 2.00 bits per heavy atom. The van der Waals surface area contributed by atoms with E-state index in [2.05, 4.69) is 4.98 Å². The molecule has 0 saturated carbocycles. The summed E-state index contributed by atoms with van der Waals surface area (Å²) in [6, 6.07) is 12.6. The number of benzene rings is 2. The van der Waals surface area contributed by atoms with Gasteiger partial charge in [0, 0.05) is 55.4 Å². The number of aliphatic hydroxyl groups is 2. The minimum absolute atomic E-state index is 0.0556. The van der Waals surface area contributed by atoms with Gasteiger partial charge in [0.1, 0.15) is 0 Å². The number of fused-ring (bicyclic) bond motifs is 2. The molecule has 0 aliphatic carbocycles. The van der Waals surface area contributed by atoms with E-state index in [1.807, 2.05) is 18.2 Å². The number of aryl methyl sites for hydroxylation is 1. The predicted octanol–water partition coefficient (Wildman–Crippen LogP) is 1.96. The number of carbonyl (C=O) groups excluding carboxylic acids is 1. The second-order valence-corrected chi connectivity index (χ2v) is 8.54. The summed E-state index contributed by atoms with van der Waals surface area (Å²) in [5, 5.41) is 21.0. The van der Waals surface area contributed by atoms with Crippen molar-refractivity contribution in [3.05, 3.63) is 70.8 Å². The lowest BCUT2D eigenvalue weighted by Gasteiger charge is -2.35. The van der Waals surface area contributed by atoms with Crippen molar-refractivity contribution in [1.29, 1.82) is 0 Å². The Bertz CT molecular complexity index is 1430. The fourth-order valence-electron chi connectivity index (χ4n) is 4.35. The molecule has 168 valence electrons. The maximum atomic E-state index is 13.0. The SMILES string of the molecule is Cn1ccc2cc(-c3cnc4ccc(C(=O)N5CCC(CO)C(O)C5)cc4n3)ccc2c1=O. The van der Waals surface area contributed by atoms with Crippen molar-refractivity contribution in [2.45, 2.75) is 12.5 Å². The Morgan fingerprint density at radius 3 is 2.79 bits per heavy atom. The summed E-state index contributed by atoms with van der Waals surface area (Å²) in [5.41, 5.74) is 3.16. The number of aliphatic hydroxyl groups excluding tert-OH is 2. The minimum atomic E-state index is -0.732. The zero-order valence-electron chi connectivity index (χ0n) is 18.2. The molecule has 2 N–H and O–H groups in total. The molecule has 8 nitrogen and oxygen atoms in total. The molecule has 1 aliphatic rings. The molecule has 0 bridgehead atoms. The van der Waals surface area contributed by atoms with Crippen LogP contribution in [-0.2, 0) is 7.05 Å². The normalized spacial score (nSPS) is 18.7. The molecule has 4 aromatic rings. The number of β-amino-alcohol motifs (C(OH)–C–C–N with tert-alkyl or cyclic N) is 1. The molecule has 8 heteroatoms. The first-order chi connectivity index (χ1) is 15.9. The maximum Gasteiger partial charge on any atom is 0.258 e. The van der Waals surface area contributed by atoms with Crippen molar-refractivity contribution < 1.29 is 15.0 Å². The molecule has 1 amide bonds. The number of likely N-dealkylation sites (tertiary alicyclic amines) is 1. The van der Waals surface area contributed by atoms with Crippen molar-refractivity contribution >= 4 is 27.7 Å². The van der Waals surface area contributed by atoms with Crippen molar-refractivity contribution in [3.63, 3.8) is 0 Å². The number of hydrogen-bond donors (Lipinski definition) is 2. The average Bonchev–Trinajstić information content (AvgIpc) is 2.85. The molecule has 2 unspecified atom stereocenters. The van der Waals surface area contributed by atoms with Gasteiger partial charge in [0.2, 0.25) is 0 Å². The Hall–Kier alpha value is -3.62. The van der Waals surface area contributed by atoms with E-state index < -0.39 is 6.10 Å². The van der Waals surface area contributed by atoms with E-state index >= 15 is 0 Å². The van der Waals surface area contributed by atoms with Crippen LogP contribution in [0.15, 0.2) is 59.7 Å². The number of nitrogens with zero attached hydrogens (tertiary/aromatic N) is 4. The van der Waals surface area contributed by atoms with Crippen LogP contribution in [0.2, 0.25) is 0 Å². The monoisotopic (exact) mass is 444 g/mol. The van der Waals surface area contributed by atoms with Crippen LogP contribution >= 0.6 is 0 Å². The Balaban J connectivity index is 1.47. The van der Waals surface area contributed by atoms with Gasteiger partial charge in [0.25, 0.3) is 11.5 Å². The van der Waals surface area contributed by atoms with E-state index in [4.69, 9.17) is 4.98 Å². The number of carbonyl (C=O) groups is 1. The summed E-state index contributed by atoms with van der Waals surface area (Å²) < 4.78 is 1.54. The van der Waals surface area contributed by atoms with Crippen LogP contribution < -0.4 is 5.56 Å². The second kappa shape index (κ2) is 8.38. The molecule has 2 aromatic carbocycles. The number of piperidine rings is 1. The molecular weight excluding hydrogens is 420 g/mol. The standard InChI is InChI=1S/C25H24N4O4/c1-28-8-6-15-10-16(2-4-19(15)25(28)33)22-12-26-20-5-3-17(11-21(20)27-22)24(32)29-9-7-18(14-30)23(31)13-29/h2-6,8,10-12,18,23,30-31H,7,9,13-14H2,1H3. The molecule has 1 saturated heterocycles. The number of hydrogen-bond acceptors (Lipinski definition) is 6. The highest BCUT2D eigenvalue weighted by atomic mass is 16.3. The highest BCUT2D eigenvalue weighted by Gasteiger charge is 2.30. The molecule has 33 heavy (non-hydrogen) atoms. The summed E-state index contributed by atoms with van der Waals surface area (Å²) in [7, 11) is 1.72. The highest BCUT2D eigenvalue weighted by Crippen LogP contribution is 2.24. The molecule has 1 aliphatic heterocycles. The van der Waals surface area contributed by atoms with Crippen LogP contribution in [0.4, 0.5) is 0 Å². The number of aromatic nitrogens is 3. The minimum Gasteiger partial charge on any atom is -0.396 e. The lowest BCUT2D eigenvalue weighted by atomic mass is 9.94. The highest BCUT2D eigenvalue weighted by molar-refractivity contribution is 5.97. The van der Waals surface area contributed by atoms with E-state index in [1.54, 1.807) is 53.2 Å². The third-order valence-corrected chi connectivity index (χ3v) is 6.41. The van der Waals surface area contributed by atoms with E-state index in [0.717, 1.165) is 10.9 Å². The quantitative estimate of drug-likeness (QED) is 0.500. The topological polar surface area (TPSA) is 109 Å². The smallest absolute Gasteiger partial charge is 0.258 e. The first kappa shape index (κ1) is 21.2. The number of amides is 1. The molecule has 0 spiro atoms. The largest absolute Gasteiger partial charge is 0.396 e. The molecular formula is C25H24N4O4. The van der Waals surface area contributed by atoms with Crippen molar-refractivity contribution in [2.75, 3.05) is 19.7 Å². The van der Waals surface area contributed by atoms with Gasteiger partial charge in [-0.15, -0.1) is 0 Å². The fourth-order valence-corrected chi connectivity index (χ4v) is 4.35. The van der Waals surface area contributed by atoms with Gasteiger partial charge in [0.05, 0.1) is 29.0 Å². The fraction of sp³-hybridized carbons (Fsp3) is 0.280. The first-order valence-corrected chi connectivity index (χ1v) is 10.9. The van der Waals surface area contributed by atoms with Crippen molar-refractivity contribution in [2.24, 2.45) is 13.0 Å². The van der Waals surface area contributed by atoms with Crippen molar-refractivity contribution in [1.82, 2.24) is 19.4 Å². The van der Waals surface area contributed by atoms with Gasteiger partial charge in [-0.2, -0.15) is 0 Å². The molecule has 1 fully saturated rings. The summed E-state index contributed by atoms with van der Waals surface area (Å²) in [6.45, 7) is 0.604. The van der Waals surface area contributed by atoms with Gasteiger partial charge < -0.3 is 19.7 Å². The van der Waals surface area contributed by atoms with Crippen LogP contribution in [0.3, 0.4) is 0 Å². The van der Waals surface area contributed by atoms with Gasteiger partial charge in [0.15, 0.2) is 0 Å². The summed E-state index contributed by atoms with van der Waals surface area (Å²) in [4.78, 5) is 36.2. The van der Waals surface area contributed by atoms with Gasteiger partial charge in [-0.25, -0.2) is 4.98 Å². The summed E-state index contributed by atoms with van der Waals surface area (Å²) in [5.74, 6) is -0.373. The molecule has 3 heterocycles. The number of pyridine rings is 1. The van der Waals surface area contributed by atoms with Gasteiger partial charge in [-0.3, -0.25) is 14.6 Å². The Morgan fingerprint density at radius 1 is 1.15 bits per heavy atom. The van der Waals surface area contributed by atoms with E-state index in [-0.39, 0.29) is 30.5 Å². The average molecular weight is 444 g/mol. The first-order valence-electron chi connectivity index (χ1n) is 10.9. The second-order valence-electron chi connectivity index (χ2n) is 8.54. The van der Waals surface area contributed by atoms with Gasteiger partial charge in [-0.1, -0.05) is 6.07 Å². The Labute approximate surface area is 189 Å². The predicted molar refractivity (Wildman–Crippen MR) is 125 cm³/mol. The molecule has 0 radical (unpaired) electrons. The van der Waals surface area contributed by atoms with E-state index in [0.29, 0.717) is 40.6 Å². The number of rotatable bonds is 3. The third-order valence-electron chi connectivity index (χ3n) is 6.41. The zero-order chi connectivity index (χ0) is 23.1. The van der Waals surface area contributed by atoms with Crippen LogP contribution in [-0.4, -0.2) is 61.4 Å². The van der Waals surface area contributed by atoms with Crippen LogP contribution in [0.25, 0.3) is 33.1 Å². The van der Waals surface area contributed by atoms with E-state index in [9.17, 15) is 19.8 Å². The summed E-state index contributed by atoms with van der Waals surface area (Å²) in [6.07, 6.45) is 3.25. The van der Waals surface area contributed by atoms with Crippen LogP contribution in [0, 0.1) is 5.92 Å². The molecule has 2 atom stereocenters. The van der Waals surface area contributed by atoms with Gasteiger partial charge in [-0.05, 0) is 48.2 Å². The van der Waals surface area contributed by atoms with Crippen LogP contribution in [0.1, 0.15) is 16.8 Å². The molecule has 2 aromatic heterocycles. The van der Waals surface area contributed by atoms with E-state index in [1.165, 1.54) is 0 Å². The summed E-state index contributed by atoms with van der Waals surface area (Å²) >= 11 is 0. The van der Waals surface area contributed by atoms with Crippen molar-refractivity contribution in [3.8, 4) is 11.3 Å². The molecule has 5 rings (SSSR count). The zero-order valence-corrected chi connectivity index (χ0v) is 18.2. The third kappa shape index (κ3) is 3.88.